The predicted molar refractivity (Wildman–Crippen MR) is 133 cm³/mol. The number of para-hydroxylation sites is 1. The molecule has 33 heavy (non-hydrogen) atoms. The average Bonchev–Trinajstić information content (AvgIpc) is 2.89. The molecule has 5 nitrogen and oxygen atoms in total. The summed E-state index contributed by atoms with van der Waals surface area (Å²) in [6.07, 6.45) is 18.4. The quantitative estimate of drug-likeness (QED) is 0.541. The van der Waals surface area contributed by atoms with Gasteiger partial charge in [0, 0.05) is 31.2 Å². The first-order valence-electron chi connectivity index (χ1n) is 12.2. The fourth-order valence-corrected chi connectivity index (χ4v) is 5.21. The maximum absolute atomic E-state index is 11.0. The molecular formula is C28H38N2O3. The van der Waals surface area contributed by atoms with E-state index in [2.05, 4.69) is 46.7 Å². The van der Waals surface area contributed by atoms with Crippen LogP contribution in [0.4, 0.5) is 0 Å². The number of aliphatic hydroxyl groups excluding tert-OH is 1. The summed E-state index contributed by atoms with van der Waals surface area (Å²) in [5, 5.41) is 14.4. The van der Waals surface area contributed by atoms with Gasteiger partial charge in [-0.2, -0.15) is 0 Å². The van der Waals surface area contributed by atoms with Crippen LogP contribution in [0.15, 0.2) is 71.9 Å². The van der Waals surface area contributed by atoms with Crippen molar-refractivity contribution in [3.63, 3.8) is 0 Å². The lowest BCUT2D eigenvalue weighted by Crippen LogP contribution is -2.47. The Morgan fingerprint density at radius 1 is 1.12 bits per heavy atom. The third kappa shape index (κ3) is 5.85. The third-order valence-electron chi connectivity index (χ3n) is 7.30. The molecule has 1 saturated heterocycles. The van der Waals surface area contributed by atoms with Crippen molar-refractivity contribution >= 4 is 0 Å². The van der Waals surface area contributed by atoms with Gasteiger partial charge in [0.15, 0.2) is 0 Å². The van der Waals surface area contributed by atoms with Gasteiger partial charge in [0.1, 0.15) is 12.0 Å². The summed E-state index contributed by atoms with van der Waals surface area (Å²) in [7, 11) is 3.42. The van der Waals surface area contributed by atoms with Crippen LogP contribution in [0.3, 0.4) is 0 Å². The maximum atomic E-state index is 11.0. The Morgan fingerprint density at radius 2 is 1.94 bits per heavy atom. The zero-order chi connectivity index (χ0) is 23.1. The van der Waals surface area contributed by atoms with Crippen molar-refractivity contribution < 1.29 is 14.6 Å². The van der Waals surface area contributed by atoms with Crippen molar-refractivity contribution in [1.29, 1.82) is 0 Å². The van der Waals surface area contributed by atoms with Gasteiger partial charge < -0.3 is 14.6 Å². The van der Waals surface area contributed by atoms with Crippen molar-refractivity contribution in [1.82, 2.24) is 10.2 Å². The lowest BCUT2D eigenvalue weighted by molar-refractivity contribution is 0.0886. The Morgan fingerprint density at radius 3 is 2.67 bits per heavy atom. The van der Waals surface area contributed by atoms with Gasteiger partial charge in [-0.3, -0.25) is 10.2 Å². The molecular weight excluding hydrogens is 412 g/mol. The van der Waals surface area contributed by atoms with Crippen LogP contribution in [0.5, 0.6) is 5.75 Å². The van der Waals surface area contributed by atoms with Crippen molar-refractivity contribution in [2.45, 2.75) is 44.4 Å². The third-order valence-corrected chi connectivity index (χ3v) is 7.30. The minimum atomic E-state index is -0.778. The SMILES string of the molecule is COc1ccccc1C(O)NCC1(C2=CC(OC)CC=C2)CCN(CC2=CCCC=C2)CC1. The number of rotatable bonds is 9. The zero-order valence-electron chi connectivity index (χ0n) is 20.0. The molecule has 1 heterocycles. The monoisotopic (exact) mass is 450 g/mol. The van der Waals surface area contributed by atoms with Crippen LogP contribution in [-0.2, 0) is 4.74 Å². The van der Waals surface area contributed by atoms with E-state index in [4.69, 9.17) is 9.47 Å². The molecule has 0 spiro atoms. The van der Waals surface area contributed by atoms with Gasteiger partial charge in [0.05, 0.1) is 13.2 Å². The molecule has 4 rings (SSSR count). The highest BCUT2D eigenvalue weighted by atomic mass is 16.5. The lowest BCUT2D eigenvalue weighted by atomic mass is 9.70. The Balaban J connectivity index is 1.48. The highest BCUT2D eigenvalue weighted by Crippen LogP contribution is 2.41. The number of benzene rings is 1. The standard InChI is InChI=1S/C28H38N2O3/c1-32-24-12-8-11-23(19-24)28(21-29-27(31)25-13-6-7-14-26(25)33-2)15-17-30(18-16-28)20-22-9-4-3-5-10-22/h4,6-11,13-14,19,24,27,29,31H,3,5,12,15-18,20-21H2,1-2H3. The fourth-order valence-electron chi connectivity index (χ4n) is 5.21. The lowest BCUT2D eigenvalue weighted by Gasteiger charge is -2.44. The van der Waals surface area contributed by atoms with E-state index < -0.39 is 6.23 Å². The zero-order valence-corrected chi connectivity index (χ0v) is 20.0. The van der Waals surface area contributed by atoms with Gasteiger partial charge in [-0.05, 0) is 62.4 Å². The van der Waals surface area contributed by atoms with Crippen LogP contribution in [0.2, 0.25) is 0 Å². The molecule has 2 atom stereocenters. The summed E-state index contributed by atoms with van der Waals surface area (Å²) in [6, 6.07) is 7.66. The van der Waals surface area contributed by atoms with E-state index in [-0.39, 0.29) is 11.5 Å². The van der Waals surface area contributed by atoms with E-state index in [9.17, 15) is 5.11 Å². The minimum absolute atomic E-state index is 0.0377. The molecule has 5 heteroatoms. The van der Waals surface area contributed by atoms with Crippen molar-refractivity contribution in [2.75, 3.05) is 40.4 Å². The summed E-state index contributed by atoms with van der Waals surface area (Å²) in [4.78, 5) is 2.57. The van der Waals surface area contributed by atoms with E-state index in [0.29, 0.717) is 12.3 Å². The first kappa shape index (κ1) is 24.0. The number of ether oxygens (including phenoxy) is 2. The van der Waals surface area contributed by atoms with E-state index in [0.717, 1.165) is 57.3 Å². The second-order valence-electron chi connectivity index (χ2n) is 9.37. The summed E-state index contributed by atoms with van der Waals surface area (Å²) in [5.41, 5.74) is 3.50. The van der Waals surface area contributed by atoms with E-state index in [1.54, 1.807) is 14.2 Å². The first-order valence-corrected chi connectivity index (χ1v) is 12.2. The topological polar surface area (TPSA) is 54.0 Å². The normalized spacial score (nSPS) is 23.7. The molecule has 1 aliphatic heterocycles. The molecule has 0 bridgehead atoms. The molecule has 0 radical (unpaired) electrons. The molecule has 1 aromatic rings. The molecule has 1 aromatic carbocycles. The van der Waals surface area contributed by atoms with Gasteiger partial charge in [0.2, 0.25) is 0 Å². The van der Waals surface area contributed by atoms with Crippen LogP contribution < -0.4 is 10.1 Å². The molecule has 1 fully saturated rings. The molecule has 2 N–H and O–H groups in total. The van der Waals surface area contributed by atoms with Crippen molar-refractivity contribution in [3.8, 4) is 5.75 Å². The van der Waals surface area contributed by atoms with Gasteiger partial charge in [-0.25, -0.2) is 0 Å². The smallest absolute Gasteiger partial charge is 0.134 e. The number of aliphatic hydroxyl groups is 1. The number of nitrogens with zero attached hydrogens (tertiary/aromatic N) is 1. The minimum Gasteiger partial charge on any atom is -0.496 e. The summed E-state index contributed by atoms with van der Waals surface area (Å²) in [5.74, 6) is 0.700. The molecule has 0 aromatic heterocycles. The molecule has 0 saturated carbocycles. The highest BCUT2D eigenvalue weighted by molar-refractivity contribution is 5.36. The fraction of sp³-hybridized carbons (Fsp3) is 0.500. The number of hydrogen-bond donors (Lipinski definition) is 2. The Hall–Kier alpha value is -2.18. The summed E-state index contributed by atoms with van der Waals surface area (Å²) >= 11 is 0. The van der Waals surface area contributed by atoms with Gasteiger partial charge >= 0.3 is 0 Å². The van der Waals surface area contributed by atoms with Crippen LogP contribution in [0.1, 0.15) is 43.9 Å². The number of likely N-dealkylation sites (tertiary alicyclic amines) is 1. The molecule has 0 amide bonds. The van der Waals surface area contributed by atoms with Gasteiger partial charge in [-0.1, -0.05) is 54.7 Å². The van der Waals surface area contributed by atoms with E-state index >= 15 is 0 Å². The largest absolute Gasteiger partial charge is 0.496 e. The second kappa shape index (κ2) is 11.3. The molecule has 2 aliphatic carbocycles. The highest BCUT2D eigenvalue weighted by Gasteiger charge is 2.38. The second-order valence-corrected chi connectivity index (χ2v) is 9.37. The summed E-state index contributed by atoms with van der Waals surface area (Å²) < 4.78 is 11.1. The van der Waals surface area contributed by atoms with E-state index in [1.165, 1.54) is 11.1 Å². The first-order chi connectivity index (χ1) is 16.1. The predicted octanol–water partition coefficient (Wildman–Crippen LogP) is 4.54. The van der Waals surface area contributed by atoms with Crippen LogP contribution >= 0.6 is 0 Å². The average molecular weight is 451 g/mol. The van der Waals surface area contributed by atoms with Crippen LogP contribution in [0.25, 0.3) is 0 Å². The Bertz CT molecular complexity index is 909. The number of methoxy groups -OCH3 is 2. The Labute approximate surface area is 198 Å². The maximum Gasteiger partial charge on any atom is 0.134 e. The van der Waals surface area contributed by atoms with E-state index in [1.807, 2.05) is 24.3 Å². The molecule has 178 valence electrons. The van der Waals surface area contributed by atoms with Gasteiger partial charge in [0.25, 0.3) is 0 Å². The van der Waals surface area contributed by atoms with Crippen LogP contribution in [-0.4, -0.2) is 56.5 Å². The molecule has 3 aliphatic rings. The number of allylic oxidation sites excluding steroid dienone is 3. The number of hydrogen-bond acceptors (Lipinski definition) is 5. The van der Waals surface area contributed by atoms with Gasteiger partial charge in [-0.15, -0.1) is 0 Å². The molecule has 2 unspecified atom stereocenters. The summed E-state index contributed by atoms with van der Waals surface area (Å²) in [6.45, 7) is 3.82. The number of piperidine rings is 1. The van der Waals surface area contributed by atoms with Crippen molar-refractivity contribution in [3.05, 3.63) is 77.4 Å². The van der Waals surface area contributed by atoms with Crippen molar-refractivity contribution in [2.24, 2.45) is 5.41 Å². The number of nitrogens with one attached hydrogen (secondary N) is 1. The Kier molecular flexibility index (Phi) is 8.20. The van der Waals surface area contributed by atoms with Crippen LogP contribution in [0, 0.1) is 5.41 Å².